The van der Waals surface area contributed by atoms with Crippen LogP contribution in [0.2, 0.25) is 0 Å². The number of hydrogen-bond donors (Lipinski definition) is 3. The van der Waals surface area contributed by atoms with Crippen molar-refractivity contribution in [2.45, 2.75) is 103 Å². The number of ether oxygens (including phenoxy) is 6. The van der Waals surface area contributed by atoms with Crippen LogP contribution in [-0.2, 0) is 71.6 Å². The summed E-state index contributed by atoms with van der Waals surface area (Å²) in [5, 5.41) is 26.1. The minimum atomic E-state index is -1.39. The third kappa shape index (κ3) is 23.4. The Hall–Kier alpha value is -4.77. The average Bonchev–Trinajstić information content (AvgIpc) is 2.89. The lowest BCUT2D eigenvalue weighted by molar-refractivity contribution is -0.169. The Labute approximate surface area is 257 Å². The van der Waals surface area contributed by atoms with Crippen molar-refractivity contribution >= 4 is 53.7 Å². The van der Waals surface area contributed by atoms with E-state index in [1.807, 2.05) is 0 Å². The van der Waals surface area contributed by atoms with Gasteiger partial charge in [0.1, 0.15) is 31.5 Å². The van der Waals surface area contributed by atoms with E-state index in [1.165, 1.54) is 20.8 Å². The number of esters is 6. The van der Waals surface area contributed by atoms with Gasteiger partial charge >= 0.3 is 53.7 Å². The molecule has 0 saturated heterocycles. The van der Waals surface area contributed by atoms with Crippen LogP contribution >= 0.6 is 0 Å². The number of hydrogen-bond acceptors (Lipinski definition) is 15. The lowest BCUT2D eigenvalue weighted by Gasteiger charge is -2.18. The van der Waals surface area contributed by atoms with Crippen molar-refractivity contribution in [3.05, 3.63) is 0 Å². The molecule has 0 radical (unpaired) electrons. The second-order valence-electron chi connectivity index (χ2n) is 9.67. The van der Waals surface area contributed by atoms with Crippen LogP contribution < -0.4 is 0 Å². The minimum Gasteiger partial charge on any atom is -0.481 e. The fraction of sp³-hybridized carbons (Fsp3) is 0.667. The zero-order chi connectivity index (χ0) is 34.5. The van der Waals surface area contributed by atoms with Crippen LogP contribution in [0.25, 0.3) is 0 Å². The van der Waals surface area contributed by atoms with Gasteiger partial charge in [0.2, 0.25) is 0 Å². The maximum absolute atomic E-state index is 12.3. The Morgan fingerprint density at radius 3 is 0.933 bits per heavy atom. The van der Waals surface area contributed by atoms with Crippen molar-refractivity contribution in [1.29, 1.82) is 0 Å². The highest BCUT2D eigenvalue weighted by Crippen LogP contribution is 2.08. The number of carbonyl (C=O) groups is 9. The molecule has 0 heterocycles. The number of carboxylic acid groups (broad SMARTS) is 3. The first-order chi connectivity index (χ1) is 21.0. The van der Waals surface area contributed by atoms with Crippen molar-refractivity contribution in [1.82, 2.24) is 0 Å². The molecule has 0 bridgehead atoms. The molecular weight excluding hydrogens is 612 g/mol. The number of aliphatic carboxylic acids is 3. The molecular formula is C27H38O18. The number of carboxylic acids is 3. The Balaban J connectivity index is 4.97. The van der Waals surface area contributed by atoms with E-state index in [0.717, 1.165) is 0 Å². The third-order valence-electron chi connectivity index (χ3n) is 5.14. The molecule has 1 unspecified atom stereocenters. The molecule has 0 aliphatic carbocycles. The van der Waals surface area contributed by atoms with Crippen LogP contribution in [-0.4, -0.2) is 107 Å². The molecule has 0 saturated carbocycles. The fourth-order valence-electron chi connectivity index (χ4n) is 3.20. The van der Waals surface area contributed by atoms with Crippen LogP contribution in [0.3, 0.4) is 0 Å². The summed E-state index contributed by atoms with van der Waals surface area (Å²) in [4.78, 5) is 104. The summed E-state index contributed by atoms with van der Waals surface area (Å²) in [6.07, 6.45) is -8.43. The van der Waals surface area contributed by atoms with E-state index in [4.69, 9.17) is 43.7 Å². The van der Waals surface area contributed by atoms with Crippen molar-refractivity contribution in [3.63, 3.8) is 0 Å². The first-order valence-corrected chi connectivity index (χ1v) is 13.7. The van der Waals surface area contributed by atoms with Gasteiger partial charge in [0.15, 0.2) is 6.10 Å². The molecule has 0 aromatic carbocycles. The SMILES string of the molecule is CC(CC(=O)O)OC(=O)CCC(=O)OC(COC(=O)CCC(=O)O[C@H](C)CC(=O)O)COC(=O)CCC(=O)O[C@H](C)CC(=O)O. The molecule has 18 nitrogen and oxygen atoms in total. The van der Waals surface area contributed by atoms with Crippen LogP contribution in [0, 0.1) is 0 Å². The highest BCUT2D eigenvalue weighted by molar-refractivity contribution is 5.80. The highest BCUT2D eigenvalue weighted by atomic mass is 16.6. The quantitative estimate of drug-likeness (QED) is 0.101. The molecule has 0 spiro atoms. The van der Waals surface area contributed by atoms with E-state index in [2.05, 4.69) is 0 Å². The van der Waals surface area contributed by atoms with Crippen molar-refractivity contribution in [3.8, 4) is 0 Å². The van der Waals surface area contributed by atoms with Crippen LogP contribution in [0.4, 0.5) is 0 Å². The van der Waals surface area contributed by atoms with Gasteiger partial charge in [-0.1, -0.05) is 0 Å². The summed E-state index contributed by atoms with van der Waals surface area (Å²) in [5.74, 6) is -9.08. The van der Waals surface area contributed by atoms with Crippen molar-refractivity contribution < 1.29 is 86.9 Å². The summed E-state index contributed by atoms with van der Waals surface area (Å²) >= 11 is 0. The molecule has 0 aliphatic rings. The van der Waals surface area contributed by atoms with E-state index in [0.29, 0.717) is 0 Å². The second-order valence-corrected chi connectivity index (χ2v) is 9.67. The van der Waals surface area contributed by atoms with Crippen molar-refractivity contribution in [2.24, 2.45) is 0 Å². The van der Waals surface area contributed by atoms with Gasteiger partial charge < -0.3 is 43.7 Å². The van der Waals surface area contributed by atoms with Crippen LogP contribution in [0.1, 0.15) is 78.6 Å². The molecule has 0 amide bonds. The first-order valence-electron chi connectivity index (χ1n) is 13.7. The monoisotopic (exact) mass is 650 g/mol. The third-order valence-corrected chi connectivity index (χ3v) is 5.14. The van der Waals surface area contributed by atoms with Gasteiger partial charge in [-0.3, -0.25) is 43.2 Å². The van der Waals surface area contributed by atoms with Crippen LogP contribution in [0.5, 0.6) is 0 Å². The molecule has 0 aromatic rings. The van der Waals surface area contributed by atoms with Gasteiger partial charge in [-0.2, -0.15) is 0 Å². The Morgan fingerprint density at radius 2 is 0.667 bits per heavy atom. The largest absolute Gasteiger partial charge is 0.481 e. The lowest BCUT2D eigenvalue weighted by Crippen LogP contribution is -2.31. The fourth-order valence-corrected chi connectivity index (χ4v) is 3.20. The molecule has 0 aromatic heterocycles. The number of carbonyl (C=O) groups excluding carboxylic acids is 6. The van der Waals surface area contributed by atoms with E-state index in [9.17, 15) is 43.2 Å². The van der Waals surface area contributed by atoms with Gasteiger partial charge in [0.25, 0.3) is 0 Å². The molecule has 3 N–H and O–H groups in total. The summed E-state index contributed by atoms with van der Waals surface area (Å²) in [5.41, 5.74) is 0. The summed E-state index contributed by atoms with van der Waals surface area (Å²) in [7, 11) is 0. The summed E-state index contributed by atoms with van der Waals surface area (Å²) < 4.78 is 29.6. The molecule has 0 fully saturated rings. The van der Waals surface area contributed by atoms with Gasteiger partial charge in [-0.05, 0) is 20.8 Å². The average molecular weight is 651 g/mol. The minimum absolute atomic E-state index is 0.438. The lowest BCUT2D eigenvalue weighted by atomic mass is 10.2. The van der Waals surface area contributed by atoms with E-state index >= 15 is 0 Å². The smallest absolute Gasteiger partial charge is 0.307 e. The van der Waals surface area contributed by atoms with Gasteiger partial charge in [-0.15, -0.1) is 0 Å². The number of rotatable bonds is 23. The van der Waals surface area contributed by atoms with Gasteiger partial charge in [0.05, 0.1) is 57.8 Å². The Bertz CT molecular complexity index is 1010. The Kier molecular flexibility index (Phi) is 19.5. The molecule has 0 aliphatic heterocycles. The second kappa shape index (κ2) is 21.8. The molecule has 254 valence electrons. The molecule has 3 atom stereocenters. The predicted molar refractivity (Wildman–Crippen MR) is 143 cm³/mol. The maximum atomic E-state index is 12.3. The van der Waals surface area contributed by atoms with Gasteiger partial charge in [-0.25, -0.2) is 0 Å². The van der Waals surface area contributed by atoms with E-state index in [-0.39, 0.29) is 0 Å². The Morgan fingerprint density at radius 1 is 0.422 bits per heavy atom. The van der Waals surface area contributed by atoms with Gasteiger partial charge in [0, 0.05) is 0 Å². The standard InChI is InChI=1S/C27H38O18/c1-15(10-19(28)29)42-24(36)6-4-22(34)40-13-18(45-27(39)9-8-26(38)44-17(3)12-21(32)33)14-41-23(35)5-7-25(37)43-16(2)11-20(30)31/h15-18H,4-14H2,1-3H3,(H,28,29)(H,30,31)(H,32,33)/t15-,16-,17?/m1/s1. The summed E-state index contributed by atoms with van der Waals surface area (Å²) in [6, 6.07) is 0. The molecule has 45 heavy (non-hydrogen) atoms. The van der Waals surface area contributed by atoms with Crippen LogP contribution in [0.15, 0.2) is 0 Å². The van der Waals surface area contributed by atoms with E-state index < -0.39 is 149 Å². The first kappa shape index (κ1) is 40.2. The van der Waals surface area contributed by atoms with E-state index in [1.54, 1.807) is 0 Å². The zero-order valence-electron chi connectivity index (χ0n) is 25.1. The summed E-state index contributed by atoms with van der Waals surface area (Å²) in [6.45, 7) is 2.73. The molecule has 0 rings (SSSR count). The topological polar surface area (TPSA) is 270 Å². The maximum Gasteiger partial charge on any atom is 0.307 e. The zero-order valence-corrected chi connectivity index (χ0v) is 25.1. The van der Waals surface area contributed by atoms with Crippen molar-refractivity contribution in [2.75, 3.05) is 13.2 Å². The predicted octanol–water partition coefficient (Wildman–Crippen LogP) is 0.544. The molecule has 18 heteroatoms. The highest BCUT2D eigenvalue weighted by Gasteiger charge is 2.23. The normalized spacial score (nSPS) is 12.5.